The Labute approximate surface area is 375 Å². The van der Waals surface area contributed by atoms with Gasteiger partial charge >= 0.3 is 0 Å². The van der Waals surface area contributed by atoms with Crippen molar-refractivity contribution >= 4 is 77.2 Å². The maximum Gasteiger partial charge on any atom is 0.0468 e. The third kappa shape index (κ3) is 7.13. The van der Waals surface area contributed by atoms with E-state index in [4.69, 9.17) is 0 Å². The first-order chi connectivity index (χ1) is 31.4. The van der Waals surface area contributed by atoms with Gasteiger partial charge < -0.3 is 9.80 Å². The van der Waals surface area contributed by atoms with E-state index in [1.807, 2.05) is 0 Å². The summed E-state index contributed by atoms with van der Waals surface area (Å²) in [4.78, 5) is 4.77. The van der Waals surface area contributed by atoms with Gasteiger partial charge in [-0.1, -0.05) is 172 Å². The number of rotatable bonds is 8. The minimum absolute atomic E-state index is 0.0487. The standard InChI is InChI=1S/C62H48N2/c1-62(2,3)49-31-33-53(34-32-49)64(52-25-11-6-12-26-52)55-36-38-57-59(42-55)61(48-30-28-44-18-14-16-20-46(44)40-48)56-37-35-54(63(50-21-7-4-8-22-50)51-23-9-5-10-24-51)41-58(56)60(57)47-29-27-43-17-13-15-19-45(43)39-47/h4-42H,1-3H3. The van der Waals surface area contributed by atoms with Crippen molar-refractivity contribution < 1.29 is 0 Å². The molecule has 0 aliphatic heterocycles. The largest absolute Gasteiger partial charge is 0.310 e. The molecule has 0 fully saturated rings. The summed E-state index contributed by atoms with van der Waals surface area (Å²) in [6, 6.07) is 86.8. The summed E-state index contributed by atoms with van der Waals surface area (Å²) in [6.45, 7) is 6.82. The monoisotopic (exact) mass is 820 g/mol. The van der Waals surface area contributed by atoms with Crippen LogP contribution in [0.1, 0.15) is 26.3 Å². The van der Waals surface area contributed by atoms with Crippen LogP contribution in [0.25, 0.3) is 65.3 Å². The van der Waals surface area contributed by atoms with Gasteiger partial charge in [0.1, 0.15) is 0 Å². The minimum Gasteiger partial charge on any atom is -0.310 e. The van der Waals surface area contributed by atoms with Crippen LogP contribution in [0.2, 0.25) is 0 Å². The molecule has 2 heteroatoms. The molecule has 0 aliphatic carbocycles. The lowest BCUT2D eigenvalue weighted by Gasteiger charge is -2.28. The summed E-state index contributed by atoms with van der Waals surface area (Å²) in [5.74, 6) is 0. The van der Waals surface area contributed by atoms with Gasteiger partial charge in [0.15, 0.2) is 0 Å². The summed E-state index contributed by atoms with van der Waals surface area (Å²) in [5, 5.41) is 9.70. The first kappa shape index (κ1) is 38.9. The van der Waals surface area contributed by atoms with Gasteiger partial charge in [0, 0.05) is 34.1 Å². The van der Waals surface area contributed by atoms with Crippen molar-refractivity contribution in [3.8, 4) is 22.3 Å². The molecular formula is C62H48N2. The lowest BCUT2D eigenvalue weighted by Crippen LogP contribution is -2.13. The second-order valence-electron chi connectivity index (χ2n) is 17.8. The maximum absolute atomic E-state index is 2.43. The van der Waals surface area contributed by atoms with Gasteiger partial charge in [-0.3, -0.25) is 0 Å². The Morgan fingerprint density at radius 3 is 1.00 bits per heavy atom. The molecule has 0 saturated carbocycles. The number of hydrogen-bond acceptors (Lipinski definition) is 2. The van der Waals surface area contributed by atoms with E-state index in [2.05, 4.69) is 267 Å². The van der Waals surface area contributed by atoms with Crippen molar-refractivity contribution in [2.45, 2.75) is 26.2 Å². The van der Waals surface area contributed by atoms with Crippen LogP contribution in [0.15, 0.2) is 237 Å². The molecule has 0 aliphatic rings. The average Bonchev–Trinajstić information content (AvgIpc) is 3.34. The number of fused-ring (bicyclic) bond motifs is 4. The summed E-state index contributed by atoms with van der Waals surface area (Å²) in [6.07, 6.45) is 0. The number of nitrogens with zero attached hydrogens (tertiary/aromatic N) is 2. The molecule has 11 aromatic rings. The van der Waals surface area contributed by atoms with Gasteiger partial charge in [0.05, 0.1) is 0 Å². The third-order valence-electron chi connectivity index (χ3n) is 12.7. The van der Waals surface area contributed by atoms with E-state index in [9.17, 15) is 0 Å². The van der Waals surface area contributed by atoms with E-state index in [-0.39, 0.29) is 5.41 Å². The zero-order valence-corrected chi connectivity index (χ0v) is 36.4. The quantitative estimate of drug-likeness (QED) is 0.141. The maximum atomic E-state index is 2.43. The van der Waals surface area contributed by atoms with Crippen LogP contribution in [-0.4, -0.2) is 0 Å². The molecular weight excluding hydrogens is 773 g/mol. The van der Waals surface area contributed by atoms with Crippen LogP contribution in [0.4, 0.5) is 34.1 Å². The molecule has 0 amide bonds. The normalized spacial score (nSPS) is 11.7. The molecule has 11 rings (SSSR count). The van der Waals surface area contributed by atoms with Gasteiger partial charge in [-0.15, -0.1) is 0 Å². The van der Waals surface area contributed by atoms with Crippen LogP contribution < -0.4 is 9.80 Å². The molecule has 11 aromatic carbocycles. The van der Waals surface area contributed by atoms with E-state index in [1.54, 1.807) is 0 Å². The number of benzene rings is 11. The molecule has 0 heterocycles. The molecule has 306 valence electrons. The van der Waals surface area contributed by atoms with E-state index in [0.29, 0.717) is 0 Å². The fourth-order valence-corrected chi connectivity index (χ4v) is 9.53. The first-order valence-electron chi connectivity index (χ1n) is 22.3. The predicted molar refractivity (Wildman–Crippen MR) is 275 cm³/mol. The highest BCUT2D eigenvalue weighted by Gasteiger charge is 2.23. The van der Waals surface area contributed by atoms with Gasteiger partial charge in [0.2, 0.25) is 0 Å². The first-order valence-corrected chi connectivity index (χ1v) is 22.3. The Balaban J connectivity index is 1.25. The van der Waals surface area contributed by atoms with Gasteiger partial charge in [-0.05, 0) is 161 Å². The molecule has 2 nitrogen and oxygen atoms in total. The number of anilines is 6. The summed E-state index contributed by atoms with van der Waals surface area (Å²) >= 11 is 0. The molecule has 0 saturated heterocycles. The Kier molecular flexibility index (Phi) is 9.78. The highest BCUT2D eigenvalue weighted by molar-refractivity contribution is 6.23. The van der Waals surface area contributed by atoms with Crippen molar-refractivity contribution in [2.75, 3.05) is 9.80 Å². The van der Waals surface area contributed by atoms with Crippen molar-refractivity contribution in [1.29, 1.82) is 0 Å². The second-order valence-corrected chi connectivity index (χ2v) is 17.8. The van der Waals surface area contributed by atoms with Crippen LogP contribution in [0, 0.1) is 0 Å². The zero-order valence-electron chi connectivity index (χ0n) is 36.4. The van der Waals surface area contributed by atoms with Crippen LogP contribution in [0.3, 0.4) is 0 Å². The van der Waals surface area contributed by atoms with E-state index < -0.39 is 0 Å². The fraction of sp³-hybridized carbons (Fsp3) is 0.0645. The third-order valence-corrected chi connectivity index (χ3v) is 12.7. The molecule has 0 bridgehead atoms. The highest BCUT2D eigenvalue weighted by atomic mass is 15.1. The number of hydrogen-bond donors (Lipinski definition) is 0. The SMILES string of the molecule is CC(C)(C)c1ccc(N(c2ccccc2)c2ccc3c(-c4ccc5ccccc5c4)c4cc(N(c5ccccc5)c5ccccc5)ccc4c(-c4ccc5ccccc5c4)c3c2)cc1. The Hall–Kier alpha value is -7.94. The van der Waals surface area contributed by atoms with Crippen LogP contribution in [-0.2, 0) is 5.41 Å². The van der Waals surface area contributed by atoms with Crippen LogP contribution >= 0.6 is 0 Å². The molecule has 0 N–H and O–H groups in total. The summed E-state index contributed by atoms with van der Waals surface area (Å²) in [7, 11) is 0. The summed E-state index contributed by atoms with van der Waals surface area (Å²) in [5.41, 5.74) is 12.8. The fourth-order valence-electron chi connectivity index (χ4n) is 9.53. The predicted octanol–water partition coefficient (Wildman–Crippen LogP) is 17.9. The molecule has 64 heavy (non-hydrogen) atoms. The van der Waals surface area contributed by atoms with Crippen molar-refractivity contribution in [2.24, 2.45) is 0 Å². The van der Waals surface area contributed by atoms with E-state index >= 15 is 0 Å². The smallest absolute Gasteiger partial charge is 0.0468 e. The van der Waals surface area contributed by atoms with Gasteiger partial charge in [-0.25, -0.2) is 0 Å². The van der Waals surface area contributed by atoms with Gasteiger partial charge in [0.25, 0.3) is 0 Å². The van der Waals surface area contributed by atoms with Gasteiger partial charge in [-0.2, -0.15) is 0 Å². The molecule has 0 aromatic heterocycles. The lowest BCUT2D eigenvalue weighted by atomic mass is 9.84. The van der Waals surface area contributed by atoms with Crippen LogP contribution in [0.5, 0.6) is 0 Å². The Morgan fingerprint density at radius 1 is 0.266 bits per heavy atom. The lowest BCUT2D eigenvalue weighted by molar-refractivity contribution is 0.590. The Bertz CT molecular complexity index is 3420. The van der Waals surface area contributed by atoms with Crippen molar-refractivity contribution in [3.63, 3.8) is 0 Å². The number of para-hydroxylation sites is 3. The Morgan fingerprint density at radius 2 is 0.609 bits per heavy atom. The molecule has 0 radical (unpaired) electrons. The topological polar surface area (TPSA) is 6.48 Å². The van der Waals surface area contributed by atoms with Crippen molar-refractivity contribution in [1.82, 2.24) is 0 Å². The molecule has 0 unspecified atom stereocenters. The second kappa shape index (κ2) is 16.1. The zero-order chi connectivity index (χ0) is 43.2. The minimum atomic E-state index is 0.0487. The van der Waals surface area contributed by atoms with Crippen molar-refractivity contribution in [3.05, 3.63) is 242 Å². The molecule has 0 atom stereocenters. The average molecular weight is 821 g/mol. The highest BCUT2D eigenvalue weighted by Crippen LogP contribution is 2.49. The summed E-state index contributed by atoms with van der Waals surface area (Å²) < 4.78 is 0. The molecule has 0 spiro atoms. The van der Waals surface area contributed by atoms with E-state index in [0.717, 1.165) is 34.1 Å². The van der Waals surface area contributed by atoms with E-state index in [1.165, 1.54) is 70.9 Å².